The number of aliphatic hydroxyl groups is 1. The Morgan fingerprint density at radius 1 is 1.30 bits per heavy atom. The first-order valence-electron chi connectivity index (χ1n) is 7.71. The number of piperidine rings is 1. The van der Waals surface area contributed by atoms with E-state index in [1.807, 2.05) is 6.07 Å². The van der Waals surface area contributed by atoms with Gasteiger partial charge in [-0.3, -0.25) is 0 Å². The van der Waals surface area contributed by atoms with Gasteiger partial charge in [0.1, 0.15) is 11.4 Å². The van der Waals surface area contributed by atoms with Crippen LogP contribution in [0.4, 0.5) is 0 Å². The fraction of sp³-hybridized carbons (Fsp3) is 0.647. The molecule has 2 aliphatic rings. The molecule has 3 rings (SSSR count). The van der Waals surface area contributed by atoms with Crippen LogP contribution in [-0.4, -0.2) is 34.7 Å². The van der Waals surface area contributed by atoms with Gasteiger partial charge in [0.05, 0.1) is 6.10 Å². The fourth-order valence-corrected chi connectivity index (χ4v) is 3.51. The molecule has 3 heteroatoms. The molecule has 2 heterocycles. The molecule has 0 radical (unpaired) electrons. The molecule has 1 saturated heterocycles. The molecular weight excluding hydrogens is 250 g/mol. The zero-order valence-corrected chi connectivity index (χ0v) is 12.7. The van der Waals surface area contributed by atoms with Gasteiger partial charge in [-0.15, -0.1) is 0 Å². The zero-order chi connectivity index (χ0) is 14.3. The van der Waals surface area contributed by atoms with Crippen LogP contribution in [0.25, 0.3) is 0 Å². The number of hydrogen-bond acceptors (Lipinski definition) is 3. The van der Waals surface area contributed by atoms with E-state index >= 15 is 0 Å². The van der Waals surface area contributed by atoms with Gasteiger partial charge in [0.2, 0.25) is 0 Å². The minimum absolute atomic E-state index is 0.160. The summed E-state index contributed by atoms with van der Waals surface area (Å²) in [5.41, 5.74) is 1.98. The summed E-state index contributed by atoms with van der Waals surface area (Å²) in [7, 11) is 0. The van der Waals surface area contributed by atoms with Crippen molar-refractivity contribution in [1.82, 2.24) is 4.90 Å². The number of aryl methyl sites for hydroxylation is 1. The van der Waals surface area contributed by atoms with E-state index in [-0.39, 0.29) is 11.7 Å². The molecule has 0 aliphatic carbocycles. The predicted octanol–water partition coefficient (Wildman–Crippen LogP) is 3.05. The number of ether oxygens (including phenoxy) is 1. The van der Waals surface area contributed by atoms with Gasteiger partial charge in [-0.1, -0.05) is 11.6 Å². The van der Waals surface area contributed by atoms with Gasteiger partial charge in [0.25, 0.3) is 0 Å². The second-order valence-electron chi connectivity index (χ2n) is 6.68. The lowest BCUT2D eigenvalue weighted by Gasteiger charge is -2.46. The van der Waals surface area contributed by atoms with Gasteiger partial charge < -0.3 is 14.7 Å². The highest BCUT2D eigenvalue weighted by molar-refractivity contribution is 5.41. The molecule has 1 atom stereocenters. The standard InChI is InChI=1S/C17H25NO2/c1-12(2)18-8-6-17(7-9-18)11-15(19)14-10-13(3)4-5-16(14)20-17/h4-5,10,12,15,19H,6-9,11H2,1-3H3/t15-/m1/s1. The molecule has 0 aromatic heterocycles. The maximum atomic E-state index is 10.5. The minimum atomic E-state index is -0.385. The van der Waals surface area contributed by atoms with Crippen LogP contribution in [0, 0.1) is 6.92 Å². The maximum Gasteiger partial charge on any atom is 0.125 e. The molecule has 1 fully saturated rings. The van der Waals surface area contributed by atoms with Crippen molar-refractivity contribution in [3.05, 3.63) is 29.3 Å². The van der Waals surface area contributed by atoms with E-state index in [2.05, 4.69) is 37.8 Å². The predicted molar refractivity (Wildman–Crippen MR) is 80.1 cm³/mol. The summed E-state index contributed by atoms with van der Waals surface area (Å²) in [6, 6.07) is 6.73. The summed E-state index contributed by atoms with van der Waals surface area (Å²) in [4.78, 5) is 2.49. The third kappa shape index (κ3) is 2.45. The Morgan fingerprint density at radius 2 is 2.00 bits per heavy atom. The molecule has 110 valence electrons. The Bertz CT molecular complexity index is 490. The van der Waals surface area contributed by atoms with Crippen molar-refractivity contribution in [2.45, 2.75) is 57.8 Å². The molecule has 1 spiro atoms. The highest BCUT2D eigenvalue weighted by Crippen LogP contribution is 2.44. The highest BCUT2D eigenvalue weighted by atomic mass is 16.5. The second-order valence-corrected chi connectivity index (χ2v) is 6.68. The van der Waals surface area contributed by atoms with Gasteiger partial charge in [-0.25, -0.2) is 0 Å². The molecule has 20 heavy (non-hydrogen) atoms. The van der Waals surface area contributed by atoms with Crippen LogP contribution in [0.3, 0.4) is 0 Å². The van der Waals surface area contributed by atoms with E-state index < -0.39 is 0 Å². The van der Waals surface area contributed by atoms with Crippen LogP contribution in [0.15, 0.2) is 18.2 Å². The summed E-state index contributed by atoms with van der Waals surface area (Å²) in [6.07, 6.45) is 2.37. The molecule has 3 nitrogen and oxygen atoms in total. The van der Waals surface area contributed by atoms with E-state index in [0.717, 1.165) is 43.7 Å². The molecule has 0 saturated carbocycles. The lowest BCUT2D eigenvalue weighted by atomic mass is 9.81. The fourth-order valence-electron chi connectivity index (χ4n) is 3.51. The number of rotatable bonds is 1. The largest absolute Gasteiger partial charge is 0.487 e. The summed E-state index contributed by atoms with van der Waals surface area (Å²) in [6.45, 7) is 8.66. The normalized spacial score (nSPS) is 25.6. The number of hydrogen-bond donors (Lipinski definition) is 1. The third-order valence-corrected chi connectivity index (χ3v) is 4.86. The van der Waals surface area contributed by atoms with Crippen LogP contribution < -0.4 is 4.74 Å². The van der Waals surface area contributed by atoms with Crippen molar-refractivity contribution in [3.8, 4) is 5.75 Å². The van der Waals surface area contributed by atoms with Gasteiger partial charge in [-0.05, 0) is 45.7 Å². The number of benzene rings is 1. The van der Waals surface area contributed by atoms with Crippen molar-refractivity contribution >= 4 is 0 Å². The van der Waals surface area contributed by atoms with E-state index in [9.17, 15) is 5.11 Å². The summed E-state index contributed by atoms with van der Waals surface area (Å²) < 4.78 is 6.33. The quantitative estimate of drug-likeness (QED) is 0.855. The molecular formula is C17H25NO2. The van der Waals surface area contributed by atoms with Gasteiger partial charge in [0.15, 0.2) is 0 Å². The molecule has 0 bridgehead atoms. The number of aliphatic hydroxyl groups excluding tert-OH is 1. The lowest BCUT2D eigenvalue weighted by Crippen LogP contribution is -2.51. The monoisotopic (exact) mass is 275 g/mol. The smallest absolute Gasteiger partial charge is 0.125 e. The highest BCUT2D eigenvalue weighted by Gasteiger charge is 2.43. The molecule has 0 unspecified atom stereocenters. The molecule has 1 aromatic carbocycles. The molecule has 1 aromatic rings. The first-order chi connectivity index (χ1) is 9.49. The Hall–Kier alpha value is -1.06. The van der Waals surface area contributed by atoms with Gasteiger partial charge in [-0.2, -0.15) is 0 Å². The van der Waals surface area contributed by atoms with Crippen molar-refractivity contribution in [2.75, 3.05) is 13.1 Å². The summed E-state index contributed by atoms with van der Waals surface area (Å²) >= 11 is 0. The zero-order valence-electron chi connectivity index (χ0n) is 12.7. The van der Waals surface area contributed by atoms with E-state index in [0.29, 0.717) is 6.04 Å². The number of fused-ring (bicyclic) bond motifs is 1. The third-order valence-electron chi connectivity index (χ3n) is 4.86. The minimum Gasteiger partial charge on any atom is -0.487 e. The topological polar surface area (TPSA) is 32.7 Å². The summed E-state index contributed by atoms with van der Waals surface area (Å²) in [5.74, 6) is 0.882. The average molecular weight is 275 g/mol. The van der Waals surface area contributed by atoms with Crippen LogP contribution in [0.2, 0.25) is 0 Å². The number of nitrogens with zero attached hydrogens (tertiary/aromatic N) is 1. The Balaban J connectivity index is 1.80. The summed E-state index contributed by atoms with van der Waals surface area (Å²) in [5, 5.41) is 10.5. The van der Waals surface area contributed by atoms with E-state index in [4.69, 9.17) is 4.74 Å². The van der Waals surface area contributed by atoms with Crippen molar-refractivity contribution in [2.24, 2.45) is 0 Å². The SMILES string of the molecule is Cc1ccc2c(c1)[C@H](O)CC1(CCN(C(C)C)CC1)O2. The van der Waals surface area contributed by atoms with Crippen LogP contribution in [-0.2, 0) is 0 Å². The number of likely N-dealkylation sites (tertiary alicyclic amines) is 1. The lowest BCUT2D eigenvalue weighted by molar-refractivity contribution is -0.0580. The Kier molecular flexibility index (Phi) is 3.51. The van der Waals surface area contributed by atoms with Crippen LogP contribution in [0.5, 0.6) is 5.75 Å². The van der Waals surface area contributed by atoms with Gasteiger partial charge in [0, 0.05) is 31.1 Å². The van der Waals surface area contributed by atoms with Crippen molar-refractivity contribution in [3.63, 3.8) is 0 Å². The first-order valence-corrected chi connectivity index (χ1v) is 7.71. The molecule has 1 N–H and O–H groups in total. The van der Waals surface area contributed by atoms with E-state index in [1.165, 1.54) is 5.56 Å². The average Bonchev–Trinajstić information content (AvgIpc) is 2.40. The first kappa shape index (κ1) is 13.9. The van der Waals surface area contributed by atoms with Crippen LogP contribution >= 0.6 is 0 Å². The van der Waals surface area contributed by atoms with E-state index in [1.54, 1.807) is 0 Å². The Labute approximate surface area is 121 Å². The van der Waals surface area contributed by atoms with Crippen molar-refractivity contribution < 1.29 is 9.84 Å². The van der Waals surface area contributed by atoms with Crippen LogP contribution in [0.1, 0.15) is 50.3 Å². The Morgan fingerprint density at radius 3 is 2.65 bits per heavy atom. The molecule has 0 amide bonds. The van der Waals surface area contributed by atoms with Crippen molar-refractivity contribution in [1.29, 1.82) is 0 Å². The second kappa shape index (κ2) is 5.05. The maximum absolute atomic E-state index is 10.5. The molecule has 2 aliphatic heterocycles. The van der Waals surface area contributed by atoms with Gasteiger partial charge >= 0.3 is 0 Å².